The van der Waals surface area contributed by atoms with Gasteiger partial charge in [-0.05, 0) is 37.5 Å². The van der Waals surface area contributed by atoms with Gasteiger partial charge in [-0.15, -0.1) is 10.2 Å². The third-order valence-corrected chi connectivity index (χ3v) is 4.12. The van der Waals surface area contributed by atoms with Gasteiger partial charge in [0.05, 0.1) is 11.0 Å². The number of phenols is 2. The summed E-state index contributed by atoms with van der Waals surface area (Å²) in [5.41, 5.74) is 1.06. The van der Waals surface area contributed by atoms with Crippen molar-refractivity contribution in [1.82, 2.24) is 0 Å². The Morgan fingerprint density at radius 2 is 1.50 bits per heavy atom. The molecule has 1 aliphatic heterocycles. The van der Waals surface area contributed by atoms with E-state index in [1.54, 1.807) is 12.1 Å². The summed E-state index contributed by atoms with van der Waals surface area (Å²) in [6.45, 7) is 1.94. The molecule has 9 heteroatoms. The molecule has 1 fully saturated rings. The molecule has 0 bridgehead atoms. The molecule has 8 nitrogen and oxygen atoms in total. The number of benzene rings is 2. The molecule has 0 amide bonds. The Morgan fingerprint density at radius 3 is 2.04 bits per heavy atom. The van der Waals surface area contributed by atoms with Crippen molar-refractivity contribution in [3.63, 3.8) is 0 Å². The number of hydrogen-bond acceptors (Lipinski definition) is 7. The second-order valence-electron chi connectivity index (χ2n) is 5.85. The molecule has 0 atom stereocenters. The van der Waals surface area contributed by atoms with Crippen molar-refractivity contribution in [1.29, 1.82) is 0 Å². The molecule has 2 aromatic rings. The molecule has 2 aromatic carbocycles. The number of hydrogen-bond donors (Lipinski definition) is 2. The molecule has 1 heterocycles. The Morgan fingerprint density at radius 1 is 0.923 bits per heavy atom. The van der Waals surface area contributed by atoms with Crippen LogP contribution in [0.15, 0.2) is 46.6 Å². The molecule has 0 spiro atoms. The summed E-state index contributed by atoms with van der Waals surface area (Å²) in [5, 5.41) is 38.4. The van der Waals surface area contributed by atoms with Gasteiger partial charge in [-0.25, -0.2) is 0 Å². The average molecular weight is 401 g/mol. The van der Waals surface area contributed by atoms with E-state index in [0.29, 0.717) is 0 Å². The predicted molar refractivity (Wildman–Crippen MR) is 93.1 cm³/mol. The number of aromatic hydroxyl groups is 2. The quantitative estimate of drug-likeness (QED) is 0.341. The standard InChI is InChI=1S/C17H18N4O4.Ni/c22-16-10-12(20-8-2-1-3-9-20)4-6-14(16)18-19-15-7-5-13(21(24)25)11-17(15)23;/h4-7,10-11,22-23H,1-3,8-9H2;. The van der Waals surface area contributed by atoms with Crippen LogP contribution in [0, 0.1) is 10.1 Å². The molecule has 3 rings (SSSR count). The summed E-state index contributed by atoms with van der Waals surface area (Å²) in [6, 6.07) is 8.72. The first kappa shape index (κ1) is 19.7. The summed E-state index contributed by atoms with van der Waals surface area (Å²) < 4.78 is 0. The number of anilines is 1. The minimum Gasteiger partial charge on any atom is -0.506 e. The second-order valence-corrected chi connectivity index (χ2v) is 5.85. The van der Waals surface area contributed by atoms with E-state index in [2.05, 4.69) is 15.1 Å². The largest absolute Gasteiger partial charge is 0.506 e. The first-order chi connectivity index (χ1) is 12.0. The Balaban J connectivity index is 0.00000243. The number of nitrogens with zero attached hydrogens (tertiary/aromatic N) is 4. The fraction of sp³-hybridized carbons (Fsp3) is 0.294. The van der Waals surface area contributed by atoms with Crippen LogP contribution < -0.4 is 4.90 Å². The SMILES string of the molecule is O=[N+]([O-])c1ccc(N=Nc2ccc(N3CCCCC3)cc2O)c(O)c1.[Ni]. The first-order valence-corrected chi connectivity index (χ1v) is 8.02. The average Bonchev–Trinajstić information content (AvgIpc) is 2.62. The first-order valence-electron chi connectivity index (χ1n) is 8.02. The van der Waals surface area contributed by atoms with Crippen LogP contribution in [0.3, 0.4) is 0 Å². The zero-order chi connectivity index (χ0) is 17.8. The number of piperidine rings is 1. The maximum Gasteiger partial charge on any atom is 0.273 e. The van der Waals surface area contributed by atoms with Gasteiger partial charge in [0.25, 0.3) is 5.69 Å². The number of nitro groups is 1. The van der Waals surface area contributed by atoms with Crippen LogP contribution in [-0.2, 0) is 16.5 Å². The molecule has 0 aliphatic carbocycles. The second kappa shape index (κ2) is 8.62. The van der Waals surface area contributed by atoms with E-state index in [4.69, 9.17) is 0 Å². The smallest absolute Gasteiger partial charge is 0.273 e. The van der Waals surface area contributed by atoms with Crippen LogP contribution in [0.4, 0.5) is 22.7 Å². The number of azo groups is 1. The van der Waals surface area contributed by atoms with Crippen molar-refractivity contribution < 1.29 is 31.6 Å². The van der Waals surface area contributed by atoms with Crippen LogP contribution >= 0.6 is 0 Å². The van der Waals surface area contributed by atoms with Crippen LogP contribution in [-0.4, -0.2) is 28.2 Å². The summed E-state index contributed by atoms with van der Waals surface area (Å²) in [6.07, 6.45) is 3.51. The van der Waals surface area contributed by atoms with Gasteiger partial charge in [-0.3, -0.25) is 10.1 Å². The number of phenolic OH excluding ortho intramolecular Hbond substituents is 2. The van der Waals surface area contributed by atoms with Gasteiger partial charge in [0.1, 0.15) is 22.9 Å². The van der Waals surface area contributed by atoms with E-state index in [1.807, 2.05) is 6.07 Å². The van der Waals surface area contributed by atoms with E-state index in [0.717, 1.165) is 37.7 Å². The normalized spacial score (nSPS) is 14.2. The summed E-state index contributed by atoms with van der Waals surface area (Å²) >= 11 is 0. The van der Waals surface area contributed by atoms with Crippen LogP contribution in [0.5, 0.6) is 11.5 Å². The van der Waals surface area contributed by atoms with E-state index in [9.17, 15) is 20.3 Å². The van der Waals surface area contributed by atoms with Crippen molar-refractivity contribution in [2.24, 2.45) is 10.2 Å². The van der Waals surface area contributed by atoms with Crippen molar-refractivity contribution in [2.45, 2.75) is 19.3 Å². The van der Waals surface area contributed by atoms with Gasteiger partial charge in [0.2, 0.25) is 0 Å². The van der Waals surface area contributed by atoms with E-state index in [-0.39, 0.29) is 45.1 Å². The zero-order valence-corrected chi connectivity index (χ0v) is 14.8. The number of non-ortho nitro benzene ring substituents is 1. The molecule has 0 aromatic heterocycles. The van der Waals surface area contributed by atoms with E-state index < -0.39 is 4.92 Å². The monoisotopic (exact) mass is 400 g/mol. The minimum absolute atomic E-state index is 0. The Bertz CT molecular complexity index is 822. The summed E-state index contributed by atoms with van der Waals surface area (Å²) in [5.74, 6) is -0.351. The van der Waals surface area contributed by atoms with Crippen LogP contribution in [0.2, 0.25) is 0 Å². The van der Waals surface area contributed by atoms with E-state index in [1.165, 1.54) is 18.6 Å². The van der Waals surface area contributed by atoms with Gasteiger partial charge in [0.15, 0.2) is 0 Å². The Labute approximate surface area is 160 Å². The number of rotatable bonds is 4. The molecule has 0 radical (unpaired) electrons. The van der Waals surface area contributed by atoms with Crippen LogP contribution in [0.1, 0.15) is 19.3 Å². The predicted octanol–water partition coefficient (Wildman–Crippen LogP) is 4.41. The van der Waals surface area contributed by atoms with Crippen molar-refractivity contribution in [2.75, 3.05) is 18.0 Å². The summed E-state index contributed by atoms with van der Waals surface area (Å²) in [4.78, 5) is 12.3. The van der Waals surface area contributed by atoms with Crippen molar-refractivity contribution in [3.8, 4) is 11.5 Å². The Kier molecular flexibility index (Phi) is 6.52. The topological polar surface area (TPSA) is 112 Å². The number of nitro benzene ring substituents is 1. The fourth-order valence-electron chi connectivity index (χ4n) is 2.76. The maximum absolute atomic E-state index is 10.7. The van der Waals surface area contributed by atoms with E-state index >= 15 is 0 Å². The third-order valence-electron chi connectivity index (χ3n) is 4.12. The third kappa shape index (κ3) is 4.49. The molecule has 26 heavy (non-hydrogen) atoms. The van der Waals surface area contributed by atoms with Gasteiger partial charge in [-0.1, -0.05) is 0 Å². The van der Waals surface area contributed by atoms with Gasteiger partial charge < -0.3 is 15.1 Å². The molecule has 0 unspecified atom stereocenters. The van der Waals surface area contributed by atoms with Gasteiger partial charge in [-0.2, -0.15) is 0 Å². The van der Waals surface area contributed by atoms with Crippen molar-refractivity contribution >= 4 is 22.7 Å². The zero-order valence-electron chi connectivity index (χ0n) is 13.8. The molecule has 1 aliphatic rings. The van der Waals surface area contributed by atoms with Gasteiger partial charge in [0, 0.05) is 47.4 Å². The molecule has 2 N–H and O–H groups in total. The van der Waals surface area contributed by atoms with Gasteiger partial charge >= 0.3 is 0 Å². The molecular weight excluding hydrogens is 383 g/mol. The van der Waals surface area contributed by atoms with Crippen LogP contribution in [0.25, 0.3) is 0 Å². The molecule has 1 saturated heterocycles. The molecular formula is C17H18N4NiO4. The van der Waals surface area contributed by atoms with Crippen molar-refractivity contribution in [3.05, 3.63) is 46.5 Å². The maximum atomic E-state index is 10.7. The molecule has 0 saturated carbocycles. The fourth-order valence-corrected chi connectivity index (χ4v) is 2.76. The Hall–Kier alpha value is -2.67. The summed E-state index contributed by atoms with van der Waals surface area (Å²) in [7, 11) is 0. The minimum atomic E-state index is -0.605. The molecule has 140 valence electrons.